The smallest absolute Gasteiger partial charge is 0.435 e. The fourth-order valence-electron chi connectivity index (χ4n) is 1.83. The van der Waals surface area contributed by atoms with Gasteiger partial charge in [0.25, 0.3) is 0 Å². The largest absolute Gasteiger partial charge is 0.442 e. The highest BCUT2D eigenvalue weighted by molar-refractivity contribution is 5.67. The molecular weight excluding hydrogens is 262 g/mol. The lowest BCUT2D eigenvalue weighted by atomic mass is 10.1. The number of carbonyl (C=O) groups is 1. The third kappa shape index (κ3) is 3.43. The van der Waals surface area contributed by atoms with E-state index in [1.54, 1.807) is 33.2 Å². The number of hydrogen-bond donors (Lipinski definition) is 1. The predicted octanol–water partition coefficient (Wildman–Crippen LogP) is 1.72. The maximum absolute atomic E-state index is 12.1. The van der Waals surface area contributed by atoms with Crippen LogP contribution in [0.3, 0.4) is 0 Å². The lowest BCUT2D eigenvalue weighted by Crippen LogP contribution is -2.36. The van der Waals surface area contributed by atoms with Gasteiger partial charge in [0.2, 0.25) is 0 Å². The summed E-state index contributed by atoms with van der Waals surface area (Å²) in [5, 5.41) is 10.6. The molecule has 0 radical (unpaired) electrons. The van der Waals surface area contributed by atoms with Gasteiger partial charge in [-0.1, -0.05) is 0 Å². The topological polar surface area (TPSA) is 84.8 Å². The molecule has 0 aliphatic carbocycles. The number of hydroxylamine groups is 2. The number of carbonyl (C=O) groups excluding carboxylic acids is 1. The molecule has 0 bridgehead atoms. The van der Waals surface area contributed by atoms with Gasteiger partial charge in [-0.05, 0) is 27.7 Å². The predicted molar refractivity (Wildman–Crippen MR) is 69.3 cm³/mol. The van der Waals surface area contributed by atoms with Gasteiger partial charge in [0.15, 0.2) is 6.29 Å². The average Bonchev–Trinajstić information content (AvgIpc) is 2.70. The molecule has 0 aromatic carbocycles. The van der Waals surface area contributed by atoms with E-state index in [1.165, 1.54) is 0 Å². The highest BCUT2D eigenvalue weighted by atomic mass is 16.8. The summed E-state index contributed by atoms with van der Waals surface area (Å²) < 4.78 is 5.25. The molecule has 110 valence electrons. The number of amides is 1. The maximum Gasteiger partial charge on any atom is 0.435 e. The first kappa shape index (κ1) is 14.7. The number of rotatable bonds is 1. The van der Waals surface area contributed by atoms with Crippen molar-refractivity contribution in [3.63, 3.8) is 0 Å². The molecule has 1 aliphatic heterocycles. The molecule has 1 saturated heterocycles. The first-order valence-electron chi connectivity index (χ1n) is 6.42. The van der Waals surface area contributed by atoms with Crippen LogP contribution in [0.25, 0.3) is 0 Å². The Hall–Kier alpha value is -1.73. The molecule has 1 unspecified atom stereocenters. The number of aromatic nitrogens is 2. The number of ether oxygens (including phenoxy) is 1. The molecule has 7 nitrogen and oxygen atoms in total. The Kier molecular flexibility index (Phi) is 3.92. The second kappa shape index (κ2) is 5.34. The molecule has 1 aromatic heterocycles. The number of aryl methyl sites for hydroxylation is 1. The summed E-state index contributed by atoms with van der Waals surface area (Å²) in [6.45, 7) is 7.11. The zero-order valence-corrected chi connectivity index (χ0v) is 12.0. The van der Waals surface area contributed by atoms with E-state index < -0.39 is 24.0 Å². The third-order valence-electron chi connectivity index (χ3n) is 2.66. The molecule has 7 heteroatoms. The van der Waals surface area contributed by atoms with Crippen molar-refractivity contribution in [1.82, 2.24) is 15.0 Å². The molecule has 1 N–H and O–H groups in total. The fourth-order valence-corrected chi connectivity index (χ4v) is 1.83. The van der Waals surface area contributed by atoms with E-state index in [0.29, 0.717) is 5.69 Å². The van der Waals surface area contributed by atoms with Crippen LogP contribution < -0.4 is 0 Å². The van der Waals surface area contributed by atoms with Gasteiger partial charge in [0.05, 0.1) is 17.6 Å². The molecule has 1 aliphatic rings. The van der Waals surface area contributed by atoms with Crippen LogP contribution in [0.2, 0.25) is 0 Å². The SMILES string of the molecule is Cc1cnc([C@@H]2CC(O)ON2C(=O)OC(C)(C)C)cn1. The summed E-state index contributed by atoms with van der Waals surface area (Å²) in [4.78, 5) is 25.5. The highest BCUT2D eigenvalue weighted by Gasteiger charge is 2.40. The standard InChI is InChI=1S/C13H19N3O4/c1-8-6-15-9(7-14-8)10-5-11(17)20-16(10)12(18)19-13(2,3)4/h6-7,10-11,17H,5H2,1-4H3/t10-,11?/m0/s1. The highest BCUT2D eigenvalue weighted by Crippen LogP contribution is 2.33. The Bertz CT molecular complexity index is 483. The molecule has 1 amide bonds. The van der Waals surface area contributed by atoms with Gasteiger partial charge < -0.3 is 9.84 Å². The van der Waals surface area contributed by atoms with Crippen molar-refractivity contribution in [2.75, 3.05) is 0 Å². The van der Waals surface area contributed by atoms with E-state index in [9.17, 15) is 9.90 Å². The molecule has 2 heterocycles. The molecule has 0 spiro atoms. The summed E-state index contributed by atoms with van der Waals surface area (Å²) in [5.41, 5.74) is 0.687. The number of hydrogen-bond acceptors (Lipinski definition) is 6. The van der Waals surface area contributed by atoms with Crippen LogP contribution in [0.1, 0.15) is 44.6 Å². The van der Waals surface area contributed by atoms with Gasteiger partial charge in [0, 0.05) is 12.6 Å². The van der Waals surface area contributed by atoms with Crippen molar-refractivity contribution in [1.29, 1.82) is 0 Å². The van der Waals surface area contributed by atoms with Crippen molar-refractivity contribution >= 4 is 6.09 Å². The molecule has 2 atom stereocenters. The van der Waals surface area contributed by atoms with Crippen LogP contribution in [0.5, 0.6) is 0 Å². The van der Waals surface area contributed by atoms with Crippen molar-refractivity contribution in [3.05, 3.63) is 23.8 Å². The number of aliphatic hydroxyl groups excluding tert-OH is 1. The molecular formula is C13H19N3O4. The monoisotopic (exact) mass is 281 g/mol. The van der Waals surface area contributed by atoms with Crippen molar-refractivity contribution in [2.45, 2.75) is 52.0 Å². The molecule has 1 fully saturated rings. The van der Waals surface area contributed by atoms with Gasteiger partial charge in [-0.25, -0.2) is 9.63 Å². The van der Waals surface area contributed by atoms with Gasteiger partial charge in [-0.15, -0.1) is 0 Å². The normalized spacial score (nSPS) is 22.9. The minimum absolute atomic E-state index is 0.233. The number of nitrogens with zero attached hydrogens (tertiary/aromatic N) is 3. The van der Waals surface area contributed by atoms with Gasteiger partial charge in [-0.3, -0.25) is 9.97 Å². The first-order chi connectivity index (χ1) is 9.26. The third-order valence-corrected chi connectivity index (χ3v) is 2.66. The van der Waals surface area contributed by atoms with Crippen LogP contribution >= 0.6 is 0 Å². The van der Waals surface area contributed by atoms with Crippen molar-refractivity contribution in [2.24, 2.45) is 0 Å². The van der Waals surface area contributed by atoms with E-state index in [-0.39, 0.29) is 6.42 Å². The Morgan fingerprint density at radius 2 is 2.15 bits per heavy atom. The average molecular weight is 281 g/mol. The minimum Gasteiger partial charge on any atom is -0.442 e. The van der Waals surface area contributed by atoms with E-state index in [1.807, 2.05) is 6.92 Å². The first-order valence-corrected chi connectivity index (χ1v) is 6.42. The van der Waals surface area contributed by atoms with E-state index in [4.69, 9.17) is 9.57 Å². The Morgan fingerprint density at radius 1 is 1.45 bits per heavy atom. The van der Waals surface area contributed by atoms with Gasteiger partial charge >= 0.3 is 6.09 Å². The summed E-state index contributed by atoms with van der Waals surface area (Å²) >= 11 is 0. The quantitative estimate of drug-likeness (QED) is 0.843. The van der Waals surface area contributed by atoms with Crippen LogP contribution in [0, 0.1) is 6.92 Å². The fraction of sp³-hybridized carbons (Fsp3) is 0.615. The summed E-state index contributed by atoms with van der Waals surface area (Å²) in [7, 11) is 0. The van der Waals surface area contributed by atoms with Gasteiger partial charge in [0.1, 0.15) is 11.6 Å². The summed E-state index contributed by atoms with van der Waals surface area (Å²) in [6, 6.07) is -0.507. The second-order valence-electron chi connectivity index (χ2n) is 5.70. The van der Waals surface area contributed by atoms with Crippen LogP contribution in [-0.2, 0) is 9.57 Å². The summed E-state index contributed by atoms with van der Waals surface area (Å²) in [6.07, 6.45) is 1.69. The Morgan fingerprint density at radius 3 is 2.70 bits per heavy atom. The van der Waals surface area contributed by atoms with Crippen LogP contribution in [0.15, 0.2) is 12.4 Å². The molecule has 1 aromatic rings. The number of aliphatic hydroxyl groups is 1. The minimum atomic E-state index is -1.06. The molecule has 0 saturated carbocycles. The molecule has 2 rings (SSSR count). The lowest BCUT2D eigenvalue weighted by molar-refractivity contribution is -0.207. The van der Waals surface area contributed by atoms with E-state index in [2.05, 4.69) is 9.97 Å². The van der Waals surface area contributed by atoms with Crippen molar-refractivity contribution in [3.8, 4) is 0 Å². The Balaban J connectivity index is 2.18. The zero-order valence-electron chi connectivity index (χ0n) is 12.0. The summed E-state index contributed by atoms with van der Waals surface area (Å²) in [5.74, 6) is 0. The van der Waals surface area contributed by atoms with Crippen molar-refractivity contribution < 1.29 is 19.5 Å². The van der Waals surface area contributed by atoms with E-state index in [0.717, 1.165) is 10.8 Å². The lowest BCUT2D eigenvalue weighted by Gasteiger charge is -2.26. The molecule has 20 heavy (non-hydrogen) atoms. The second-order valence-corrected chi connectivity index (χ2v) is 5.70. The van der Waals surface area contributed by atoms with Gasteiger partial charge in [-0.2, -0.15) is 5.06 Å². The maximum atomic E-state index is 12.1. The van der Waals surface area contributed by atoms with Crippen LogP contribution in [0.4, 0.5) is 4.79 Å². The zero-order chi connectivity index (χ0) is 14.9. The van der Waals surface area contributed by atoms with Crippen LogP contribution in [-0.4, -0.2) is 38.1 Å². The van der Waals surface area contributed by atoms with E-state index >= 15 is 0 Å². The Labute approximate surface area is 117 Å².